The fourth-order valence-electron chi connectivity index (χ4n) is 2.52. The monoisotopic (exact) mass is 268 g/mol. The van der Waals surface area contributed by atoms with Crippen molar-refractivity contribution < 1.29 is 0 Å². The van der Waals surface area contributed by atoms with Crippen LogP contribution in [-0.4, -0.2) is 11.5 Å². The number of nitrogens with zero attached hydrogens (tertiary/aromatic N) is 1. The maximum Gasteiger partial charge on any atom is 0.0326 e. The molecule has 2 heteroatoms. The Bertz CT molecular complexity index is 508. The third-order valence-electron chi connectivity index (χ3n) is 3.65. The van der Waals surface area contributed by atoms with Crippen LogP contribution < -0.4 is 5.32 Å². The van der Waals surface area contributed by atoms with Crippen molar-refractivity contribution in [2.75, 3.05) is 6.54 Å². The second-order valence-electron chi connectivity index (χ2n) is 5.26. The molecule has 1 atom stereocenters. The lowest BCUT2D eigenvalue weighted by Gasteiger charge is -2.21. The average Bonchev–Trinajstić information content (AvgIpc) is 2.49. The lowest BCUT2D eigenvalue weighted by atomic mass is 9.96. The molecule has 0 radical (unpaired) electrons. The summed E-state index contributed by atoms with van der Waals surface area (Å²) in [6.45, 7) is 5.47. The van der Waals surface area contributed by atoms with Gasteiger partial charge in [0.1, 0.15) is 0 Å². The Morgan fingerprint density at radius 1 is 1.15 bits per heavy atom. The molecule has 0 amide bonds. The summed E-state index contributed by atoms with van der Waals surface area (Å²) in [5, 5.41) is 3.68. The van der Waals surface area contributed by atoms with Gasteiger partial charge in [0.05, 0.1) is 0 Å². The third kappa shape index (κ3) is 4.17. The van der Waals surface area contributed by atoms with Crippen LogP contribution in [-0.2, 0) is 6.42 Å². The molecule has 2 rings (SSSR count). The molecular weight excluding hydrogens is 244 g/mol. The van der Waals surface area contributed by atoms with Crippen molar-refractivity contribution in [2.24, 2.45) is 0 Å². The minimum atomic E-state index is 0.427. The van der Waals surface area contributed by atoms with Gasteiger partial charge in [-0.2, -0.15) is 0 Å². The van der Waals surface area contributed by atoms with Crippen LogP contribution in [0.15, 0.2) is 48.8 Å². The van der Waals surface area contributed by atoms with Crippen molar-refractivity contribution in [3.8, 4) is 0 Å². The summed E-state index contributed by atoms with van der Waals surface area (Å²) in [5.41, 5.74) is 4.10. The fraction of sp³-hybridized carbons (Fsp3) is 0.389. The van der Waals surface area contributed by atoms with Gasteiger partial charge in [0.25, 0.3) is 0 Å². The van der Waals surface area contributed by atoms with Gasteiger partial charge in [0, 0.05) is 18.4 Å². The Kier molecular flexibility index (Phi) is 5.75. The highest BCUT2D eigenvalue weighted by molar-refractivity contribution is 5.29. The number of pyridine rings is 1. The molecule has 0 aliphatic carbocycles. The van der Waals surface area contributed by atoms with Crippen LogP contribution in [0.25, 0.3) is 0 Å². The van der Waals surface area contributed by atoms with Crippen LogP contribution in [0.5, 0.6) is 0 Å². The molecule has 106 valence electrons. The highest BCUT2D eigenvalue weighted by Gasteiger charge is 2.12. The first-order valence-electron chi connectivity index (χ1n) is 7.49. The molecular formula is C18H24N2. The van der Waals surface area contributed by atoms with E-state index in [2.05, 4.69) is 54.5 Å². The Labute approximate surface area is 122 Å². The number of benzene rings is 1. The molecule has 1 unspecified atom stereocenters. The van der Waals surface area contributed by atoms with Crippen LogP contribution in [0, 0.1) is 6.92 Å². The second-order valence-corrected chi connectivity index (χ2v) is 5.26. The smallest absolute Gasteiger partial charge is 0.0326 e. The van der Waals surface area contributed by atoms with Gasteiger partial charge in [-0.3, -0.25) is 4.98 Å². The van der Waals surface area contributed by atoms with E-state index < -0.39 is 0 Å². The summed E-state index contributed by atoms with van der Waals surface area (Å²) < 4.78 is 0. The third-order valence-corrected chi connectivity index (χ3v) is 3.65. The molecule has 0 aliphatic rings. The maximum absolute atomic E-state index is 4.19. The first-order valence-corrected chi connectivity index (χ1v) is 7.49. The molecule has 1 heterocycles. The summed E-state index contributed by atoms with van der Waals surface area (Å²) in [6, 6.07) is 13.3. The summed E-state index contributed by atoms with van der Waals surface area (Å²) >= 11 is 0. The molecule has 0 saturated carbocycles. The highest BCUT2D eigenvalue weighted by Crippen LogP contribution is 2.22. The van der Waals surface area contributed by atoms with Crippen LogP contribution in [0.1, 0.15) is 42.5 Å². The van der Waals surface area contributed by atoms with E-state index in [-0.39, 0.29) is 0 Å². The van der Waals surface area contributed by atoms with Gasteiger partial charge in [0.2, 0.25) is 0 Å². The second kappa shape index (κ2) is 7.81. The molecule has 1 aromatic carbocycles. The topological polar surface area (TPSA) is 24.9 Å². The van der Waals surface area contributed by atoms with Gasteiger partial charge in [-0.1, -0.05) is 37.3 Å². The maximum atomic E-state index is 4.19. The van der Waals surface area contributed by atoms with Crippen molar-refractivity contribution in [1.29, 1.82) is 0 Å². The van der Waals surface area contributed by atoms with Gasteiger partial charge in [-0.05, 0) is 55.5 Å². The van der Waals surface area contributed by atoms with Crippen LogP contribution in [0.3, 0.4) is 0 Å². The summed E-state index contributed by atoms with van der Waals surface area (Å²) in [5.74, 6) is 0. The van der Waals surface area contributed by atoms with Gasteiger partial charge in [0.15, 0.2) is 0 Å². The van der Waals surface area contributed by atoms with Crippen LogP contribution >= 0.6 is 0 Å². The zero-order chi connectivity index (χ0) is 14.2. The van der Waals surface area contributed by atoms with Crippen molar-refractivity contribution in [1.82, 2.24) is 10.3 Å². The number of nitrogens with one attached hydrogen (secondary N) is 1. The minimum Gasteiger partial charge on any atom is -0.310 e. The van der Waals surface area contributed by atoms with Crippen LogP contribution in [0.2, 0.25) is 0 Å². The molecule has 0 fully saturated rings. The quantitative estimate of drug-likeness (QED) is 0.819. The van der Waals surface area contributed by atoms with E-state index in [1.54, 1.807) is 0 Å². The fourth-order valence-corrected chi connectivity index (χ4v) is 2.52. The molecule has 2 nitrogen and oxygen atoms in total. The van der Waals surface area contributed by atoms with E-state index in [9.17, 15) is 0 Å². The van der Waals surface area contributed by atoms with Crippen LogP contribution in [0.4, 0.5) is 0 Å². The zero-order valence-electron chi connectivity index (χ0n) is 12.5. The molecule has 2 aromatic rings. The number of aromatic nitrogens is 1. The summed E-state index contributed by atoms with van der Waals surface area (Å²) in [7, 11) is 0. The lowest BCUT2D eigenvalue weighted by molar-refractivity contribution is 0.497. The van der Waals surface area contributed by atoms with Crippen molar-refractivity contribution >= 4 is 0 Å². The Hall–Kier alpha value is -1.67. The lowest BCUT2D eigenvalue weighted by Crippen LogP contribution is -2.23. The molecule has 0 aliphatic heterocycles. The predicted octanol–water partition coefficient (Wildman–Crippen LogP) is 4.06. The predicted molar refractivity (Wildman–Crippen MR) is 84.8 cm³/mol. The van der Waals surface area contributed by atoms with E-state index in [0.717, 1.165) is 25.8 Å². The molecule has 0 saturated heterocycles. The van der Waals surface area contributed by atoms with Gasteiger partial charge in [-0.25, -0.2) is 0 Å². The Balaban J connectivity index is 2.06. The standard InChI is InChI=1S/C18H24N2/c1-3-12-20-18(17-9-5-4-7-15(17)2)11-10-16-8-6-13-19-14-16/h4-9,13-14,18,20H,3,10-12H2,1-2H3. The molecule has 20 heavy (non-hydrogen) atoms. The molecule has 1 aromatic heterocycles. The van der Waals surface area contributed by atoms with Gasteiger partial charge < -0.3 is 5.32 Å². The Morgan fingerprint density at radius 2 is 2.00 bits per heavy atom. The normalized spacial score (nSPS) is 12.3. The van der Waals surface area contributed by atoms with E-state index in [0.29, 0.717) is 6.04 Å². The van der Waals surface area contributed by atoms with Crippen molar-refractivity contribution in [2.45, 2.75) is 39.2 Å². The summed E-state index contributed by atoms with van der Waals surface area (Å²) in [4.78, 5) is 4.19. The van der Waals surface area contributed by atoms with Gasteiger partial charge in [-0.15, -0.1) is 0 Å². The minimum absolute atomic E-state index is 0.427. The zero-order valence-corrected chi connectivity index (χ0v) is 12.5. The molecule has 0 spiro atoms. The van der Waals surface area contributed by atoms with E-state index in [1.165, 1.54) is 16.7 Å². The Morgan fingerprint density at radius 3 is 2.70 bits per heavy atom. The highest BCUT2D eigenvalue weighted by atomic mass is 14.9. The van der Waals surface area contributed by atoms with E-state index in [1.807, 2.05) is 18.5 Å². The first kappa shape index (κ1) is 14.7. The molecule has 0 bridgehead atoms. The summed E-state index contributed by atoms with van der Waals surface area (Å²) in [6.07, 6.45) is 7.13. The number of hydrogen-bond donors (Lipinski definition) is 1. The number of hydrogen-bond acceptors (Lipinski definition) is 2. The largest absolute Gasteiger partial charge is 0.310 e. The van der Waals surface area contributed by atoms with Crippen molar-refractivity contribution in [3.05, 3.63) is 65.5 Å². The number of rotatable bonds is 7. The first-order chi connectivity index (χ1) is 9.81. The van der Waals surface area contributed by atoms with Crippen molar-refractivity contribution in [3.63, 3.8) is 0 Å². The van der Waals surface area contributed by atoms with Gasteiger partial charge >= 0.3 is 0 Å². The number of aryl methyl sites for hydroxylation is 2. The van der Waals surface area contributed by atoms with E-state index in [4.69, 9.17) is 0 Å². The SMILES string of the molecule is CCCNC(CCc1cccnc1)c1ccccc1C. The average molecular weight is 268 g/mol. The van der Waals surface area contributed by atoms with E-state index >= 15 is 0 Å². The molecule has 1 N–H and O–H groups in total.